The number of nitrogens with one attached hydrogen (secondary N) is 1. The lowest BCUT2D eigenvalue weighted by Crippen LogP contribution is -2.48. The van der Waals surface area contributed by atoms with E-state index < -0.39 is 0 Å². The summed E-state index contributed by atoms with van der Waals surface area (Å²) in [4.78, 5) is 44.4. The Morgan fingerprint density at radius 1 is 1.19 bits per heavy atom. The number of aromatic nitrogens is 1. The van der Waals surface area contributed by atoms with Gasteiger partial charge in [-0.1, -0.05) is 6.07 Å². The SMILES string of the molecule is CN1C(=O)c2ccc(C(=O)N3CCNCC3c3cccnc3)cc2C1=O.Cl. The normalized spacial score (nSPS) is 18.9. The Balaban J connectivity index is 0.00000210. The Hall–Kier alpha value is -2.77. The van der Waals surface area contributed by atoms with Crippen LogP contribution in [0.2, 0.25) is 0 Å². The van der Waals surface area contributed by atoms with Crippen LogP contribution < -0.4 is 5.32 Å². The van der Waals surface area contributed by atoms with E-state index in [1.807, 2.05) is 12.1 Å². The van der Waals surface area contributed by atoms with Crippen LogP contribution in [0.15, 0.2) is 42.7 Å². The molecule has 3 heterocycles. The van der Waals surface area contributed by atoms with Crippen LogP contribution in [-0.4, -0.2) is 59.2 Å². The predicted octanol–water partition coefficient (Wildman–Crippen LogP) is 1.52. The molecule has 4 rings (SSSR count). The Morgan fingerprint density at radius 2 is 1.96 bits per heavy atom. The lowest BCUT2D eigenvalue weighted by molar-refractivity contribution is 0.0633. The molecule has 1 atom stereocenters. The van der Waals surface area contributed by atoms with Gasteiger partial charge in [0.15, 0.2) is 0 Å². The molecule has 0 aliphatic carbocycles. The lowest BCUT2D eigenvalue weighted by atomic mass is 10.0. The highest BCUT2D eigenvalue weighted by atomic mass is 35.5. The zero-order valence-electron chi connectivity index (χ0n) is 14.7. The second-order valence-electron chi connectivity index (χ2n) is 6.43. The number of benzene rings is 1. The van der Waals surface area contributed by atoms with Gasteiger partial charge < -0.3 is 10.2 Å². The Bertz CT molecular complexity index is 903. The molecule has 1 saturated heterocycles. The maximum atomic E-state index is 13.1. The van der Waals surface area contributed by atoms with Crippen molar-refractivity contribution in [3.63, 3.8) is 0 Å². The smallest absolute Gasteiger partial charge is 0.261 e. The third-order valence-electron chi connectivity index (χ3n) is 4.91. The van der Waals surface area contributed by atoms with E-state index >= 15 is 0 Å². The van der Waals surface area contributed by atoms with E-state index in [1.54, 1.807) is 29.4 Å². The fraction of sp³-hybridized carbons (Fsp3) is 0.263. The molecule has 2 aliphatic heterocycles. The van der Waals surface area contributed by atoms with Crippen molar-refractivity contribution in [2.45, 2.75) is 6.04 Å². The van der Waals surface area contributed by atoms with Crippen molar-refractivity contribution in [3.8, 4) is 0 Å². The molecule has 1 N–H and O–H groups in total. The number of carbonyl (C=O) groups is 3. The molecule has 0 saturated carbocycles. The Kier molecular flexibility index (Phi) is 5.25. The maximum absolute atomic E-state index is 13.1. The number of amides is 3. The van der Waals surface area contributed by atoms with Crippen molar-refractivity contribution in [2.75, 3.05) is 26.7 Å². The fourth-order valence-corrected chi connectivity index (χ4v) is 3.48. The van der Waals surface area contributed by atoms with Gasteiger partial charge in [0.05, 0.1) is 17.2 Å². The Labute approximate surface area is 162 Å². The van der Waals surface area contributed by atoms with Gasteiger partial charge >= 0.3 is 0 Å². The molecule has 1 fully saturated rings. The fourth-order valence-electron chi connectivity index (χ4n) is 3.48. The average Bonchev–Trinajstić information content (AvgIpc) is 2.92. The number of fused-ring (bicyclic) bond motifs is 1. The molecule has 1 unspecified atom stereocenters. The molecule has 27 heavy (non-hydrogen) atoms. The maximum Gasteiger partial charge on any atom is 0.261 e. The summed E-state index contributed by atoms with van der Waals surface area (Å²) in [6.45, 7) is 1.90. The van der Waals surface area contributed by atoms with Gasteiger partial charge in [-0.15, -0.1) is 12.4 Å². The largest absolute Gasteiger partial charge is 0.329 e. The summed E-state index contributed by atoms with van der Waals surface area (Å²) in [6, 6.07) is 8.39. The van der Waals surface area contributed by atoms with Crippen molar-refractivity contribution in [1.82, 2.24) is 20.1 Å². The van der Waals surface area contributed by atoms with Crippen LogP contribution in [0.3, 0.4) is 0 Å². The molecule has 140 valence electrons. The third kappa shape index (κ3) is 3.20. The van der Waals surface area contributed by atoms with Crippen LogP contribution in [0.4, 0.5) is 0 Å². The topological polar surface area (TPSA) is 82.6 Å². The highest BCUT2D eigenvalue weighted by Crippen LogP contribution is 2.27. The van der Waals surface area contributed by atoms with Gasteiger partial charge in [-0.2, -0.15) is 0 Å². The Morgan fingerprint density at radius 3 is 2.70 bits per heavy atom. The zero-order chi connectivity index (χ0) is 18.3. The van der Waals surface area contributed by atoms with E-state index in [0.717, 1.165) is 10.5 Å². The number of piperazine rings is 1. The molecule has 0 radical (unpaired) electrons. The number of hydrogen-bond acceptors (Lipinski definition) is 5. The van der Waals surface area contributed by atoms with Crippen LogP contribution in [0.1, 0.15) is 42.7 Å². The molecule has 8 heteroatoms. The minimum atomic E-state index is -0.372. The van der Waals surface area contributed by atoms with Crippen LogP contribution in [0.5, 0.6) is 0 Å². The number of imide groups is 1. The molecule has 0 spiro atoms. The first-order chi connectivity index (χ1) is 12.6. The quantitative estimate of drug-likeness (QED) is 0.791. The first-order valence-electron chi connectivity index (χ1n) is 8.46. The monoisotopic (exact) mass is 386 g/mol. The number of hydrogen-bond donors (Lipinski definition) is 1. The van der Waals surface area contributed by atoms with Crippen molar-refractivity contribution in [1.29, 1.82) is 0 Å². The summed E-state index contributed by atoms with van der Waals surface area (Å²) < 4.78 is 0. The van der Waals surface area contributed by atoms with Crippen molar-refractivity contribution >= 4 is 30.1 Å². The molecular weight excluding hydrogens is 368 g/mol. The minimum absolute atomic E-state index is 0. The van der Waals surface area contributed by atoms with Gasteiger partial charge in [-0.05, 0) is 29.8 Å². The summed E-state index contributed by atoms with van der Waals surface area (Å²) in [7, 11) is 1.45. The summed E-state index contributed by atoms with van der Waals surface area (Å²) in [5.74, 6) is -0.860. The number of nitrogens with zero attached hydrogens (tertiary/aromatic N) is 3. The summed E-state index contributed by atoms with van der Waals surface area (Å²) >= 11 is 0. The standard InChI is InChI=1S/C19H18N4O3.ClH/c1-22-18(25)14-5-4-12(9-15(14)19(22)26)17(24)23-8-7-21-11-16(23)13-3-2-6-20-10-13;/h2-6,9-10,16,21H,7-8,11H2,1H3;1H. The molecule has 0 bridgehead atoms. The van der Waals surface area contributed by atoms with Crippen LogP contribution in [0, 0.1) is 0 Å². The minimum Gasteiger partial charge on any atom is -0.329 e. The van der Waals surface area contributed by atoms with E-state index in [-0.39, 0.29) is 41.7 Å². The highest BCUT2D eigenvalue weighted by molar-refractivity contribution is 6.21. The molecule has 3 amide bonds. The predicted molar refractivity (Wildman–Crippen MR) is 101 cm³/mol. The van der Waals surface area contributed by atoms with E-state index in [4.69, 9.17) is 0 Å². The summed E-state index contributed by atoms with van der Waals surface area (Å²) in [6.07, 6.45) is 3.46. The van der Waals surface area contributed by atoms with Crippen LogP contribution in [0.25, 0.3) is 0 Å². The highest BCUT2D eigenvalue weighted by Gasteiger charge is 2.35. The van der Waals surface area contributed by atoms with Gasteiger partial charge in [0.2, 0.25) is 0 Å². The van der Waals surface area contributed by atoms with Gasteiger partial charge in [-0.25, -0.2) is 0 Å². The van der Waals surface area contributed by atoms with E-state index in [0.29, 0.717) is 30.8 Å². The van der Waals surface area contributed by atoms with Gasteiger partial charge in [0.25, 0.3) is 17.7 Å². The second kappa shape index (κ2) is 7.46. The molecule has 1 aromatic carbocycles. The van der Waals surface area contributed by atoms with Gasteiger partial charge in [0, 0.05) is 44.6 Å². The van der Waals surface area contributed by atoms with Crippen molar-refractivity contribution in [2.24, 2.45) is 0 Å². The number of pyridine rings is 1. The van der Waals surface area contributed by atoms with E-state index in [9.17, 15) is 14.4 Å². The summed E-state index contributed by atoms with van der Waals surface area (Å²) in [5, 5.41) is 3.30. The molecule has 1 aromatic heterocycles. The zero-order valence-corrected chi connectivity index (χ0v) is 15.5. The van der Waals surface area contributed by atoms with Gasteiger partial charge in [-0.3, -0.25) is 24.3 Å². The number of rotatable bonds is 2. The second-order valence-corrected chi connectivity index (χ2v) is 6.43. The average molecular weight is 387 g/mol. The van der Waals surface area contributed by atoms with E-state index in [2.05, 4.69) is 10.3 Å². The molecule has 7 nitrogen and oxygen atoms in total. The van der Waals surface area contributed by atoms with Crippen molar-refractivity contribution in [3.05, 3.63) is 65.0 Å². The van der Waals surface area contributed by atoms with Crippen molar-refractivity contribution < 1.29 is 14.4 Å². The number of carbonyl (C=O) groups excluding carboxylic acids is 3. The molecule has 2 aliphatic rings. The number of halogens is 1. The first kappa shape index (κ1) is 19.0. The van der Waals surface area contributed by atoms with Crippen LogP contribution in [-0.2, 0) is 0 Å². The van der Waals surface area contributed by atoms with Crippen LogP contribution >= 0.6 is 12.4 Å². The third-order valence-corrected chi connectivity index (χ3v) is 4.91. The molecular formula is C19H19ClN4O3. The first-order valence-corrected chi connectivity index (χ1v) is 8.46. The van der Waals surface area contributed by atoms with Gasteiger partial charge in [0.1, 0.15) is 0 Å². The molecule has 2 aromatic rings. The van der Waals surface area contributed by atoms with E-state index in [1.165, 1.54) is 13.1 Å². The lowest BCUT2D eigenvalue weighted by Gasteiger charge is -2.36. The summed E-state index contributed by atoms with van der Waals surface area (Å²) in [5.41, 5.74) is 2.01.